The summed E-state index contributed by atoms with van der Waals surface area (Å²) in [5, 5.41) is 12.8. The number of para-hydroxylation sites is 2. The average Bonchev–Trinajstić information content (AvgIpc) is 2.68. The third-order valence-corrected chi connectivity index (χ3v) is 4.49. The van der Waals surface area contributed by atoms with Crippen molar-refractivity contribution in [3.63, 3.8) is 0 Å². The highest BCUT2D eigenvalue weighted by Crippen LogP contribution is 2.26. The first-order chi connectivity index (χ1) is 13.1. The van der Waals surface area contributed by atoms with E-state index in [2.05, 4.69) is 16.4 Å². The van der Waals surface area contributed by atoms with Crippen LogP contribution in [0.5, 0.6) is 0 Å². The number of nitrogens with two attached hydrogens (primary N) is 1. The van der Waals surface area contributed by atoms with Gasteiger partial charge in [0.2, 0.25) is 5.91 Å². The van der Waals surface area contributed by atoms with Crippen molar-refractivity contribution in [3.8, 4) is 6.07 Å². The molecule has 0 radical (unpaired) electrons. The molecule has 27 heavy (non-hydrogen) atoms. The van der Waals surface area contributed by atoms with Crippen molar-refractivity contribution in [1.29, 1.82) is 5.26 Å². The zero-order valence-corrected chi connectivity index (χ0v) is 14.8. The molecule has 2 amide bonds. The summed E-state index contributed by atoms with van der Waals surface area (Å²) in [6.07, 6.45) is 2.12. The van der Waals surface area contributed by atoms with Crippen LogP contribution in [0.15, 0.2) is 48.5 Å². The second-order valence-electron chi connectivity index (χ2n) is 6.35. The number of nitrogens with one attached hydrogen (secondary N) is 1. The van der Waals surface area contributed by atoms with Gasteiger partial charge in [0, 0.05) is 17.2 Å². The monoisotopic (exact) mass is 360 g/mol. The van der Waals surface area contributed by atoms with Gasteiger partial charge in [0.05, 0.1) is 22.7 Å². The zero-order valence-electron chi connectivity index (χ0n) is 14.8. The van der Waals surface area contributed by atoms with E-state index in [4.69, 9.17) is 11.0 Å². The van der Waals surface area contributed by atoms with Gasteiger partial charge in [-0.15, -0.1) is 0 Å². The maximum Gasteiger partial charge on any atom is 0.253 e. The SMILES string of the molecule is N#CCCCC[C@@H](NC(=O)c1c2ccccc2nc2ccccc12)C(N)=O. The van der Waals surface area contributed by atoms with Crippen LogP contribution in [0.3, 0.4) is 0 Å². The molecule has 3 aromatic rings. The summed E-state index contributed by atoms with van der Waals surface area (Å²) in [6.45, 7) is 0. The molecule has 0 aliphatic carbocycles. The summed E-state index contributed by atoms with van der Waals surface area (Å²) in [5.74, 6) is -0.933. The lowest BCUT2D eigenvalue weighted by Crippen LogP contribution is -2.44. The summed E-state index contributed by atoms with van der Waals surface area (Å²) in [4.78, 5) is 29.5. The molecule has 1 aromatic heterocycles. The smallest absolute Gasteiger partial charge is 0.253 e. The fourth-order valence-corrected chi connectivity index (χ4v) is 3.15. The van der Waals surface area contributed by atoms with E-state index in [0.717, 1.165) is 10.8 Å². The third-order valence-electron chi connectivity index (χ3n) is 4.49. The summed E-state index contributed by atoms with van der Waals surface area (Å²) in [7, 11) is 0. The summed E-state index contributed by atoms with van der Waals surface area (Å²) >= 11 is 0. The van der Waals surface area contributed by atoms with E-state index in [0.29, 0.717) is 42.3 Å². The Hall–Kier alpha value is -3.46. The number of pyridine rings is 1. The van der Waals surface area contributed by atoms with Gasteiger partial charge in [-0.1, -0.05) is 36.4 Å². The maximum absolute atomic E-state index is 13.1. The Morgan fingerprint density at radius 2 is 1.63 bits per heavy atom. The molecule has 6 nitrogen and oxygen atoms in total. The third kappa shape index (κ3) is 4.04. The van der Waals surface area contributed by atoms with Gasteiger partial charge in [-0.25, -0.2) is 4.98 Å². The van der Waals surface area contributed by atoms with Gasteiger partial charge in [0.15, 0.2) is 0 Å². The van der Waals surface area contributed by atoms with Gasteiger partial charge in [-0.2, -0.15) is 5.26 Å². The first-order valence-electron chi connectivity index (χ1n) is 8.86. The van der Waals surface area contributed by atoms with Gasteiger partial charge >= 0.3 is 0 Å². The molecule has 0 aliphatic rings. The highest BCUT2D eigenvalue weighted by molar-refractivity contribution is 6.16. The number of primary amides is 1. The number of aromatic nitrogens is 1. The number of nitrogens with zero attached hydrogens (tertiary/aromatic N) is 2. The van der Waals surface area contributed by atoms with Crippen molar-refractivity contribution >= 4 is 33.6 Å². The van der Waals surface area contributed by atoms with Crippen LogP contribution in [-0.2, 0) is 4.79 Å². The fourth-order valence-electron chi connectivity index (χ4n) is 3.15. The number of benzene rings is 2. The normalized spacial score (nSPS) is 11.8. The Bertz CT molecular complexity index is 985. The summed E-state index contributed by atoms with van der Waals surface area (Å²) in [5.41, 5.74) is 7.39. The molecule has 0 unspecified atom stereocenters. The largest absolute Gasteiger partial charge is 0.368 e. The van der Waals surface area contributed by atoms with Crippen LogP contribution in [0.2, 0.25) is 0 Å². The van der Waals surface area contributed by atoms with Crippen molar-refractivity contribution < 1.29 is 9.59 Å². The van der Waals surface area contributed by atoms with Crippen LogP contribution < -0.4 is 11.1 Å². The topological polar surface area (TPSA) is 109 Å². The standard InChI is InChI=1S/C21H20N4O2/c22-13-7-1-2-12-18(20(23)26)25-21(27)19-14-8-3-5-10-16(14)24-17-11-6-4-9-15(17)19/h3-6,8-11,18H,1-2,7,12H2,(H2,23,26)(H,25,27)/t18-/m1/s1. The molecule has 0 bridgehead atoms. The van der Waals surface area contributed by atoms with E-state index in [1.807, 2.05) is 48.5 Å². The van der Waals surface area contributed by atoms with Crippen LogP contribution >= 0.6 is 0 Å². The number of fused-ring (bicyclic) bond motifs is 2. The quantitative estimate of drug-likeness (QED) is 0.498. The molecule has 1 heterocycles. The summed E-state index contributed by atoms with van der Waals surface area (Å²) < 4.78 is 0. The molecule has 6 heteroatoms. The molecule has 136 valence electrons. The Labute approximate surface area is 157 Å². The van der Waals surface area contributed by atoms with Crippen LogP contribution in [0.25, 0.3) is 21.8 Å². The summed E-state index contributed by atoms with van der Waals surface area (Å²) in [6, 6.07) is 16.1. The molecule has 3 N–H and O–H groups in total. The molecule has 1 atom stereocenters. The molecule has 0 aliphatic heterocycles. The Morgan fingerprint density at radius 3 is 2.19 bits per heavy atom. The lowest BCUT2D eigenvalue weighted by Gasteiger charge is -2.17. The highest BCUT2D eigenvalue weighted by Gasteiger charge is 2.22. The predicted molar refractivity (Wildman–Crippen MR) is 104 cm³/mol. The van der Waals surface area contributed by atoms with Crippen molar-refractivity contribution in [2.24, 2.45) is 5.73 Å². The molecule has 0 fully saturated rings. The van der Waals surface area contributed by atoms with Crippen molar-refractivity contribution in [2.45, 2.75) is 31.7 Å². The second kappa shape index (κ2) is 8.28. The van der Waals surface area contributed by atoms with Gasteiger partial charge in [-0.05, 0) is 31.4 Å². The minimum atomic E-state index is -0.776. The fraction of sp³-hybridized carbons (Fsp3) is 0.238. The number of rotatable bonds is 7. The van der Waals surface area contributed by atoms with E-state index in [1.54, 1.807) is 0 Å². The predicted octanol–water partition coefficient (Wildman–Crippen LogP) is 3.06. The van der Waals surface area contributed by atoms with Gasteiger partial charge in [-0.3, -0.25) is 9.59 Å². The van der Waals surface area contributed by atoms with Gasteiger partial charge in [0.1, 0.15) is 6.04 Å². The lowest BCUT2D eigenvalue weighted by atomic mass is 10.0. The first-order valence-corrected chi connectivity index (χ1v) is 8.86. The molecule has 0 spiro atoms. The van der Waals surface area contributed by atoms with Gasteiger partial charge < -0.3 is 11.1 Å². The van der Waals surface area contributed by atoms with Crippen LogP contribution in [0, 0.1) is 11.3 Å². The van der Waals surface area contributed by atoms with Crippen molar-refractivity contribution in [3.05, 3.63) is 54.1 Å². The number of carbonyl (C=O) groups is 2. The van der Waals surface area contributed by atoms with E-state index < -0.39 is 11.9 Å². The maximum atomic E-state index is 13.1. The van der Waals surface area contributed by atoms with Gasteiger partial charge in [0.25, 0.3) is 5.91 Å². The Balaban J connectivity index is 1.96. The van der Waals surface area contributed by atoms with E-state index in [-0.39, 0.29) is 5.91 Å². The number of amides is 2. The van der Waals surface area contributed by atoms with E-state index in [1.165, 1.54) is 0 Å². The Morgan fingerprint density at radius 1 is 1.04 bits per heavy atom. The number of hydrogen-bond donors (Lipinski definition) is 2. The van der Waals surface area contributed by atoms with Crippen molar-refractivity contribution in [1.82, 2.24) is 10.3 Å². The molecule has 0 saturated heterocycles. The number of carbonyl (C=O) groups excluding carboxylic acids is 2. The van der Waals surface area contributed by atoms with E-state index >= 15 is 0 Å². The van der Waals surface area contributed by atoms with Crippen LogP contribution in [-0.4, -0.2) is 22.8 Å². The molecular weight excluding hydrogens is 340 g/mol. The van der Waals surface area contributed by atoms with E-state index in [9.17, 15) is 9.59 Å². The molecule has 2 aromatic carbocycles. The molecular formula is C21H20N4O2. The minimum absolute atomic E-state index is 0.353. The second-order valence-corrected chi connectivity index (χ2v) is 6.35. The number of hydrogen-bond acceptors (Lipinski definition) is 4. The number of nitriles is 1. The highest BCUT2D eigenvalue weighted by atomic mass is 16.2. The van der Waals surface area contributed by atoms with Crippen LogP contribution in [0.1, 0.15) is 36.0 Å². The average molecular weight is 360 g/mol. The Kier molecular flexibility index (Phi) is 5.62. The number of unbranched alkanes of at least 4 members (excludes halogenated alkanes) is 2. The minimum Gasteiger partial charge on any atom is -0.368 e. The van der Waals surface area contributed by atoms with Crippen molar-refractivity contribution in [2.75, 3.05) is 0 Å². The molecule has 0 saturated carbocycles. The van der Waals surface area contributed by atoms with Crippen LogP contribution in [0.4, 0.5) is 0 Å². The zero-order chi connectivity index (χ0) is 19.2. The lowest BCUT2D eigenvalue weighted by molar-refractivity contribution is -0.120. The first kappa shape index (κ1) is 18.3. The molecule has 3 rings (SSSR count).